The van der Waals surface area contributed by atoms with Crippen molar-refractivity contribution >= 4 is 17.5 Å². The van der Waals surface area contributed by atoms with Crippen LogP contribution in [0.15, 0.2) is 24.3 Å². The van der Waals surface area contributed by atoms with Gasteiger partial charge in [0.25, 0.3) is 5.91 Å². The van der Waals surface area contributed by atoms with Gasteiger partial charge in [-0.25, -0.2) is 0 Å². The van der Waals surface area contributed by atoms with Gasteiger partial charge in [0.05, 0.1) is 0 Å². The summed E-state index contributed by atoms with van der Waals surface area (Å²) in [6, 6.07) is 7.34. The molecule has 1 aromatic carbocycles. The number of amides is 1. The predicted octanol–water partition coefficient (Wildman–Crippen LogP) is 2.94. The van der Waals surface area contributed by atoms with Crippen molar-refractivity contribution in [2.75, 3.05) is 19.6 Å². The zero-order valence-electron chi connectivity index (χ0n) is 11.4. The molecule has 1 aromatic rings. The van der Waals surface area contributed by atoms with E-state index in [-0.39, 0.29) is 5.91 Å². The Morgan fingerprint density at radius 1 is 1.32 bits per heavy atom. The van der Waals surface area contributed by atoms with Gasteiger partial charge in [-0.1, -0.05) is 18.5 Å². The number of nitrogens with one attached hydrogen (secondary N) is 1. The monoisotopic (exact) mass is 280 g/mol. The second-order valence-electron chi connectivity index (χ2n) is 5.10. The summed E-state index contributed by atoms with van der Waals surface area (Å²) in [5.41, 5.74) is 0.681. The lowest BCUT2D eigenvalue weighted by atomic mass is 10.0. The lowest BCUT2D eigenvalue weighted by molar-refractivity contribution is 0.0911. The average molecular weight is 281 g/mol. The first kappa shape index (κ1) is 14.4. The third-order valence-electron chi connectivity index (χ3n) is 3.57. The molecule has 0 saturated carbocycles. The number of carbonyl (C=O) groups excluding carboxylic acids is 1. The van der Waals surface area contributed by atoms with Crippen LogP contribution in [0, 0.1) is 0 Å². The molecule has 1 aliphatic heterocycles. The van der Waals surface area contributed by atoms with Crippen molar-refractivity contribution in [3.8, 4) is 0 Å². The van der Waals surface area contributed by atoms with Gasteiger partial charge in [-0.3, -0.25) is 4.79 Å². The molecule has 1 amide bonds. The highest BCUT2D eigenvalue weighted by Gasteiger charge is 2.20. The van der Waals surface area contributed by atoms with Crippen molar-refractivity contribution in [3.05, 3.63) is 34.9 Å². The van der Waals surface area contributed by atoms with E-state index in [1.54, 1.807) is 24.3 Å². The number of likely N-dealkylation sites (tertiary alicyclic amines) is 1. The third kappa shape index (κ3) is 4.22. The first-order chi connectivity index (χ1) is 9.19. The maximum atomic E-state index is 12.1. The van der Waals surface area contributed by atoms with Crippen molar-refractivity contribution in [1.29, 1.82) is 0 Å². The van der Waals surface area contributed by atoms with Crippen LogP contribution in [-0.4, -0.2) is 36.5 Å². The fourth-order valence-electron chi connectivity index (χ4n) is 2.49. The van der Waals surface area contributed by atoms with Crippen molar-refractivity contribution in [2.45, 2.75) is 32.2 Å². The molecule has 1 saturated heterocycles. The van der Waals surface area contributed by atoms with Gasteiger partial charge in [-0.2, -0.15) is 0 Å². The first-order valence-corrected chi connectivity index (χ1v) is 7.35. The van der Waals surface area contributed by atoms with Crippen molar-refractivity contribution < 1.29 is 4.79 Å². The van der Waals surface area contributed by atoms with Gasteiger partial charge in [-0.15, -0.1) is 0 Å². The van der Waals surface area contributed by atoms with Gasteiger partial charge in [-0.05, 0) is 50.1 Å². The molecule has 1 N–H and O–H groups in total. The lowest BCUT2D eigenvalue weighted by Crippen LogP contribution is -2.44. The number of halogens is 1. The molecule has 4 heteroatoms. The van der Waals surface area contributed by atoms with Crippen LogP contribution in [0.2, 0.25) is 5.02 Å². The predicted molar refractivity (Wildman–Crippen MR) is 78.7 cm³/mol. The molecule has 1 aliphatic rings. The molecule has 104 valence electrons. The summed E-state index contributed by atoms with van der Waals surface area (Å²) in [4.78, 5) is 14.5. The van der Waals surface area contributed by atoms with E-state index in [1.165, 1.54) is 6.42 Å². The zero-order valence-corrected chi connectivity index (χ0v) is 12.1. The summed E-state index contributed by atoms with van der Waals surface area (Å²) in [7, 11) is 0. The molecule has 0 unspecified atom stereocenters. The highest BCUT2D eigenvalue weighted by Crippen LogP contribution is 2.13. The van der Waals surface area contributed by atoms with Crippen molar-refractivity contribution in [1.82, 2.24) is 10.2 Å². The SMILES string of the molecule is CCCN1CCC(NC(=O)c2ccc(Cl)cc2)CC1. The molecule has 19 heavy (non-hydrogen) atoms. The fourth-order valence-corrected chi connectivity index (χ4v) is 2.61. The van der Waals surface area contributed by atoms with Gasteiger partial charge in [0.2, 0.25) is 0 Å². The standard InChI is InChI=1S/C15H21ClN2O/c1-2-9-18-10-7-14(8-11-18)17-15(19)12-3-5-13(16)6-4-12/h3-6,14H,2,7-11H2,1H3,(H,17,19). The lowest BCUT2D eigenvalue weighted by Gasteiger charge is -2.32. The largest absolute Gasteiger partial charge is 0.349 e. The summed E-state index contributed by atoms with van der Waals surface area (Å²) in [6.45, 7) is 5.53. The van der Waals surface area contributed by atoms with Gasteiger partial charge >= 0.3 is 0 Å². The molecule has 0 radical (unpaired) electrons. The average Bonchev–Trinajstić information content (AvgIpc) is 2.42. The Morgan fingerprint density at radius 3 is 2.53 bits per heavy atom. The van der Waals surface area contributed by atoms with Crippen LogP contribution in [0.1, 0.15) is 36.5 Å². The minimum absolute atomic E-state index is 0.00519. The van der Waals surface area contributed by atoms with Crippen LogP contribution in [0.25, 0.3) is 0 Å². The van der Waals surface area contributed by atoms with Crippen LogP contribution in [0.4, 0.5) is 0 Å². The van der Waals surface area contributed by atoms with Crippen LogP contribution in [-0.2, 0) is 0 Å². The maximum Gasteiger partial charge on any atom is 0.251 e. The van der Waals surface area contributed by atoms with Crippen molar-refractivity contribution in [3.63, 3.8) is 0 Å². The van der Waals surface area contributed by atoms with E-state index in [4.69, 9.17) is 11.6 Å². The second kappa shape index (κ2) is 6.92. The van der Waals surface area contributed by atoms with Crippen LogP contribution in [0.3, 0.4) is 0 Å². The Balaban J connectivity index is 1.82. The topological polar surface area (TPSA) is 32.3 Å². The molecule has 0 aliphatic carbocycles. The summed E-state index contributed by atoms with van der Waals surface area (Å²) in [5.74, 6) is 0.00519. The summed E-state index contributed by atoms with van der Waals surface area (Å²) < 4.78 is 0. The molecule has 1 heterocycles. The smallest absolute Gasteiger partial charge is 0.251 e. The maximum absolute atomic E-state index is 12.1. The summed E-state index contributed by atoms with van der Waals surface area (Å²) >= 11 is 5.82. The minimum atomic E-state index is 0.00519. The molecule has 0 atom stereocenters. The summed E-state index contributed by atoms with van der Waals surface area (Å²) in [5, 5.41) is 3.77. The van der Waals surface area contributed by atoms with Gasteiger partial charge in [0.15, 0.2) is 0 Å². The third-order valence-corrected chi connectivity index (χ3v) is 3.82. The van der Waals surface area contributed by atoms with Gasteiger partial charge in [0, 0.05) is 29.7 Å². The molecule has 0 bridgehead atoms. The van der Waals surface area contributed by atoms with Crippen molar-refractivity contribution in [2.24, 2.45) is 0 Å². The van der Waals surface area contributed by atoms with E-state index in [1.807, 2.05) is 0 Å². The van der Waals surface area contributed by atoms with E-state index in [9.17, 15) is 4.79 Å². The van der Waals surface area contributed by atoms with Gasteiger partial charge in [0.1, 0.15) is 0 Å². The van der Waals surface area contributed by atoms with E-state index < -0.39 is 0 Å². The Morgan fingerprint density at radius 2 is 1.95 bits per heavy atom. The highest BCUT2D eigenvalue weighted by molar-refractivity contribution is 6.30. The fraction of sp³-hybridized carbons (Fsp3) is 0.533. The number of nitrogens with zero attached hydrogens (tertiary/aromatic N) is 1. The number of hydrogen-bond acceptors (Lipinski definition) is 2. The Kier molecular flexibility index (Phi) is 5.23. The molecule has 0 aromatic heterocycles. The second-order valence-corrected chi connectivity index (χ2v) is 5.53. The molecule has 3 nitrogen and oxygen atoms in total. The minimum Gasteiger partial charge on any atom is -0.349 e. The van der Waals surface area contributed by atoms with Crippen LogP contribution in [0.5, 0.6) is 0 Å². The molecule has 0 spiro atoms. The quantitative estimate of drug-likeness (QED) is 0.920. The van der Waals surface area contributed by atoms with Crippen LogP contribution >= 0.6 is 11.6 Å². The Labute approximate surface area is 119 Å². The van der Waals surface area contributed by atoms with E-state index >= 15 is 0 Å². The molecular weight excluding hydrogens is 260 g/mol. The molecule has 2 rings (SSSR count). The normalized spacial score (nSPS) is 17.4. The van der Waals surface area contributed by atoms with E-state index in [0.717, 1.165) is 32.5 Å². The molecular formula is C15H21ClN2O. The summed E-state index contributed by atoms with van der Waals surface area (Å²) in [6.07, 6.45) is 3.28. The molecule has 1 fully saturated rings. The van der Waals surface area contributed by atoms with E-state index in [0.29, 0.717) is 16.6 Å². The highest BCUT2D eigenvalue weighted by atomic mass is 35.5. The Bertz CT molecular complexity index is 411. The van der Waals surface area contributed by atoms with E-state index in [2.05, 4.69) is 17.1 Å². The number of piperidine rings is 1. The first-order valence-electron chi connectivity index (χ1n) is 6.98. The number of benzene rings is 1. The Hall–Kier alpha value is -1.06. The van der Waals surface area contributed by atoms with Gasteiger partial charge < -0.3 is 10.2 Å². The number of hydrogen-bond donors (Lipinski definition) is 1. The number of carbonyl (C=O) groups is 1. The number of rotatable bonds is 4. The van der Waals surface area contributed by atoms with Crippen LogP contribution < -0.4 is 5.32 Å². The zero-order chi connectivity index (χ0) is 13.7.